The van der Waals surface area contributed by atoms with Crippen LogP contribution >= 0.6 is 0 Å². The zero-order valence-corrected chi connectivity index (χ0v) is 15.7. The molecule has 0 radical (unpaired) electrons. The summed E-state index contributed by atoms with van der Waals surface area (Å²) in [4.78, 5) is 13.0. The lowest BCUT2D eigenvalue weighted by atomic mass is 9.86. The monoisotopic (exact) mass is 387 g/mol. The molecule has 0 saturated heterocycles. The van der Waals surface area contributed by atoms with Crippen LogP contribution in [0.15, 0.2) is 96.1 Å². The van der Waals surface area contributed by atoms with Gasteiger partial charge in [-0.05, 0) is 41.8 Å². The summed E-state index contributed by atoms with van der Waals surface area (Å²) in [6, 6.07) is 16.5. The molecule has 1 aliphatic heterocycles. The fourth-order valence-corrected chi connectivity index (χ4v) is 3.37. The van der Waals surface area contributed by atoms with E-state index in [0.29, 0.717) is 28.8 Å². The molecule has 29 heavy (non-hydrogen) atoms. The summed E-state index contributed by atoms with van der Waals surface area (Å²) in [6.45, 7) is 0.690. The van der Waals surface area contributed by atoms with Crippen molar-refractivity contribution in [3.63, 3.8) is 0 Å². The summed E-state index contributed by atoms with van der Waals surface area (Å²) >= 11 is 0. The number of allylic oxidation sites excluding steroid dienone is 3. The van der Waals surface area contributed by atoms with Crippen LogP contribution in [-0.4, -0.2) is 28.6 Å². The van der Waals surface area contributed by atoms with Crippen LogP contribution in [0.3, 0.4) is 0 Å². The Morgan fingerprint density at radius 3 is 2.52 bits per heavy atom. The minimum atomic E-state index is -0.655. The fourth-order valence-electron chi connectivity index (χ4n) is 3.37. The highest BCUT2D eigenvalue weighted by Crippen LogP contribution is 2.35. The minimum absolute atomic E-state index is 0.0697. The molecule has 146 valence electrons. The number of aromatic hydroxyl groups is 1. The van der Waals surface area contributed by atoms with Crippen molar-refractivity contribution >= 4 is 11.4 Å². The van der Waals surface area contributed by atoms with Gasteiger partial charge in [-0.15, -0.1) is 0 Å². The van der Waals surface area contributed by atoms with Crippen molar-refractivity contribution in [2.24, 2.45) is 0 Å². The molecule has 5 nitrogen and oxygen atoms in total. The third-order valence-electron chi connectivity index (χ3n) is 4.95. The number of hydrogen-bond acceptors (Lipinski definition) is 5. The molecule has 0 bridgehead atoms. The zero-order chi connectivity index (χ0) is 20.2. The average Bonchev–Trinajstić information content (AvgIpc) is 2.74. The largest absolute Gasteiger partial charge is 0.508 e. The lowest BCUT2D eigenvalue weighted by Crippen LogP contribution is -2.31. The SMILES string of the molecule is O=C1C(c2ccc(O)cc2)=COC2C1=CC=C(O)/C2=C/NCCc1ccccc1. The van der Waals surface area contributed by atoms with Crippen molar-refractivity contribution in [1.29, 1.82) is 0 Å². The first-order chi connectivity index (χ1) is 14.1. The van der Waals surface area contributed by atoms with Crippen molar-refractivity contribution in [2.45, 2.75) is 12.5 Å². The minimum Gasteiger partial charge on any atom is -0.508 e. The summed E-state index contributed by atoms with van der Waals surface area (Å²) in [5.41, 5.74) is 3.28. The van der Waals surface area contributed by atoms with E-state index in [0.717, 1.165) is 6.42 Å². The molecule has 1 aliphatic carbocycles. The second-order valence-corrected chi connectivity index (χ2v) is 6.89. The van der Waals surface area contributed by atoms with Gasteiger partial charge in [0.05, 0.1) is 17.4 Å². The normalized spacial score (nSPS) is 19.6. The van der Waals surface area contributed by atoms with Crippen LogP contribution in [0.4, 0.5) is 0 Å². The Bertz CT molecular complexity index is 1030. The maximum atomic E-state index is 13.0. The topological polar surface area (TPSA) is 78.8 Å². The molecular formula is C24H21NO4. The number of phenolic OH excluding ortho intramolecular Hbond substituents is 1. The number of fused-ring (bicyclic) bond motifs is 1. The second kappa shape index (κ2) is 8.10. The van der Waals surface area contributed by atoms with Gasteiger partial charge in [-0.25, -0.2) is 0 Å². The number of rotatable bonds is 5. The Morgan fingerprint density at radius 1 is 1.00 bits per heavy atom. The molecule has 2 aliphatic rings. The number of nitrogens with one attached hydrogen (secondary N) is 1. The number of phenols is 1. The summed E-state index contributed by atoms with van der Waals surface area (Å²) in [7, 11) is 0. The average molecular weight is 387 g/mol. The first-order valence-electron chi connectivity index (χ1n) is 9.42. The lowest BCUT2D eigenvalue weighted by Gasteiger charge is -2.29. The molecule has 1 heterocycles. The molecule has 0 aromatic heterocycles. The van der Waals surface area contributed by atoms with Crippen molar-refractivity contribution in [3.05, 3.63) is 107 Å². The van der Waals surface area contributed by atoms with Gasteiger partial charge in [0.15, 0.2) is 11.9 Å². The van der Waals surface area contributed by atoms with Crippen molar-refractivity contribution in [2.75, 3.05) is 6.54 Å². The van der Waals surface area contributed by atoms with Crippen molar-refractivity contribution in [1.82, 2.24) is 5.32 Å². The molecular weight excluding hydrogens is 366 g/mol. The Morgan fingerprint density at radius 2 is 1.76 bits per heavy atom. The number of aliphatic hydroxyl groups is 1. The van der Waals surface area contributed by atoms with E-state index in [1.807, 2.05) is 18.2 Å². The van der Waals surface area contributed by atoms with E-state index >= 15 is 0 Å². The van der Waals surface area contributed by atoms with E-state index in [9.17, 15) is 15.0 Å². The maximum absolute atomic E-state index is 13.0. The van der Waals surface area contributed by atoms with Crippen LogP contribution in [0, 0.1) is 0 Å². The summed E-state index contributed by atoms with van der Waals surface area (Å²) < 4.78 is 5.83. The molecule has 0 spiro atoms. The number of benzene rings is 2. The Kier molecular flexibility index (Phi) is 5.20. The maximum Gasteiger partial charge on any atom is 0.196 e. The van der Waals surface area contributed by atoms with Gasteiger partial charge in [0, 0.05) is 18.3 Å². The number of aliphatic hydroxyl groups excluding tert-OH is 1. The van der Waals surface area contributed by atoms with E-state index in [4.69, 9.17) is 4.74 Å². The molecule has 2 aromatic rings. The first kappa shape index (κ1) is 18.6. The van der Waals surface area contributed by atoms with Crippen molar-refractivity contribution < 1.29 is 19.7 Å². The molecule has 4 rings (SSSR count). The van der Waals surface area contributed by atoms with Gasteiger partial charge in [-0.3, -0.25) is 4.79 Å². The van der Waals surface area contributed by atoms with E-state index in [2.05, 4.69) is 17.4 Å². The highest BCUT2D eigenvalue weighted by atomic mass is 16.5. The lowest BCUT2D eigenvalue weighted by molar-refractivity contribution is -0.112. The van der Waals surface area contributed by atoms with Crippen LogP contribution in [0.2, 0.25) is 0 Å². The smallest absolute Gasteiger partial charge is 0.196 e. The van der Waals surface area contributed by atoms with Gasteiger partial charge in [0.25, 0.3) is 0 Å². The molecule has 1 unspecified atom stereocenters. The van der Waals surface area contributed by atoms with E-state index in [1.165, 1.54) is 30.0 Å². The highest BCUT2D eigenvalue weighted by molar-refractivity contribution is 6.29. The van der Waals surface area contributed by atoms with Gasteiger partial charge >= 0.3 is 0 Å². The molecule has 2 aromatic carbocycles. The summed E-state index contributed by atoms with van der Waals surface area (Å²) in [6.07, 6.45) is 6.42. The summed E-state index contributed by atoms with van der Waals surface area (Å²) in [5.74, 6) is 0.0408. The molecule has 3 N–H and O–H groups in total. The summed E-state index contributed by atoms with van der Waals surface area (Å²) in [5, 5.41) is 22.9. The zero-order valence-electron chi connectivity index (χ0n) is 15.7. The Labute approximate surface area is 169 Å². The quantitative estimate of drug-likeness (QED) is 0.680. The fraction of sp³-hybridized carbons (Fsp3) is 0.125. The number of ketones is 1. The van der Waals surface area contributed by atoms with Crippen molar-refractivity contribution in [3.8, 4) is 5.75 Å². The first-order valence-corrected chi connectivity index (χ1v) is 9.42. The number of carbonyl (C=O) groups is 1. The van der Waals surface area contributed by atoms with E-state index < -0.39 is 6.10 Å². The third kappa shape index (κ3) is 3.94. The van der Waals surface area contributed by atoms with Crippen LogP contribution in [-0.2, 0) is 16.0 Å². The predicted octanol–water partition coefficient (Wildman–Crippen LogP) is 3.80. The third-order valence-corrected chi connectivity index (χ3v) is 4.95. The number of Topliss-reactive ketones (excluding diaryl/α,β-unsaturated/α-hetero) is 1. The van der Waals surface area contributed by atoms with Gasteiger partial charge in [0.2, 0.25) is 0 Å². The molecule has 1 atom stereocenters. The van der Waals surface area contributed by atoms with Crippen LogP contribution in [0.25, 0.3) is 5.57 Å². The van der Waals surface area contributed by atoms with E-state index in [1.54, 1.807) is 24.4 Å². The molecule has 0 amide bonds. The Hall–Kier alpha value is -3.73. The Balaban J connectivity index is 1.50. The van der Waals surface area contributed by atoms with Gasteiger partial charge < -0.3 is 20.3 Å². The molecule has 0 fully saturated rings. The van der Waals surface area contributed by atoms with Crippen LogP contribution < -0.4 is 5.32 Å². The number of ether oxygens (including phenoxy) is 1. The predicted molar refractivity (Wildman–Crippen MR) is 111 cm³/mol. The molecule has 0 saturated carbocycles. The highest BCUT2D eigenvalue weighted by Gasteiger charge is 2.35. The number of hydrogen-bond donors (Lipinski definition) is 3. The van der Waals surface area contributed by atoms with Gasteiger partial charge in [-0.2, -0.15) is 0 Å². The number of carbonyl (C=O) groups excluding carboxylic acids is 1. The standard InChI is InChI=1S/C24H21NO4/c26-18-8-6-17(7-9-18)21-15-29-24-19(23(21)28)10-11-22(27)20(24)14-25-13-12-16-4-2-1-3-5-16/h1-11,14-15,24-27H,12-13H2/b20-14-. The van der Waals surface area contributed by atoms with Crippen LogP contribution in [0.1, 0.15) is 11.1 Å². The van der Waals surface area contributed by atoms with Gasteiger partial charge in [0.1, 0.15) is 11.5 Å². The van der Waals surface area contributed by atoms with Crippen LogP contribution in [0.5, 0.6) is 5.75 Å². The molecule has 5 heteroatoms. The second-order valence-electron chi connectivity index (χ2n) is 6.89. The van der Waals surface area contributed by atoms with E-state index in [-0.39, 0.29) is 17.3 Å². The van der Waals surface area contributed by atoms with Gasteiger partial charge in [-0.1, -0.05) is 42.5 Å².